The molecule has 1 aliphatic heterocycles. The summed E-state index contributed by atoms with van der Waals surface area (Å²) in [7, 11) is 3.08. The summed E-state index contributed by atoms with van der Waals surface area (Å²) in [6.07, 6.45) is 1.03. The predicted octanol–water partition coefficient (Wildman–Crippen LogP) is 4.26. The van der Waals surface area contributed by atoms with Crippen molar-refractivity contribution in [3.8, 4) is 5.75 Å². The number of hydrogen-bond acceptors (Lipinski definition) is 12. The Labute approximate surface area is 238 Å². The number of likely N-dealkylation sites (N-methyl/N-ethyl adjacent to an activating group) is 1. The molecule has 1 aromatic carbocycles. The summed E-state index contributed by atoms with van der Waals surface area (Å²) in [6, 6.07) is 6.69. The van der Waals surface area contributed by atoms with Gasteiger partial charge in [0.05, 0.1) is 41.8 Å². The number of rotatable bonds is 10. The normalized spacial score (nSPS) is 13.6. The highest BCUT2D eigenvalue weighted by atomic mass is 16.6. The van der Waals surface area contributed by atoms with Gasteiger partial charge < -0.3 is 29.7 Å². The SMILES string of the molecule is COc1cc(N(C)CCO)c([N+](=O)[O-])cc1Nc1ncc(C(=O)OC(C)C)c(N2CC(C)(C)c3nc(C)ccc32)n1. The number of aliphatic hydroxyl groups is 1. The maximum absolute atomic E-state index is 13.1. The van der Waals surface area contributed by atoms with Gasteiger partial charge in [-0.1, -0.05) is 13.8 Å². The maximum atomic E-state index is 13.1. The number of anilines is 5. The van der Waals surface area contributed by atoms with Gasteiger partial charge in [0.15, 0.2) is 5.82 Å². The topological polar surface area (TPSA) is 156 Å². The Bertz CT molecular complexity index is 1480. The second-order valence-corrected chi connectivity index (χ2v) is 10.7. The number of aromatic nitrogens is 3. The van der Waals surface area contributed by atoms with Crippen LogP contribution in [0.3, 0.4) is 0 Å². The van der Waals surface area contributed by atoms with Gasteiger partial charge in [0.2, 0.25) is 5.95 Å². The Hall–Kier alpha value is -4.52. The lowest BCUT2D eigenvalue weighted by Gasteiger charge is -2.24. The van der Waals surface area contributed by atoms with Crippen LogP contribution in [0.4, 0.5) is 34.5 Å². The van der Waals surface area contributed by atoms with E-state index in [-0.39, 0.29) is 53.2 Å². The first-order chi connectivity index (χ1) is 19.4. The monoisotopic (exact) mass is 565 g/mol. The van der Waals surface area contributed by atoms with Crippen molar-refractivity contribution in [2.24, 2.45) is 0 Å². The van der Waals surface area contributed by atoms with Crippen LogP contribution in [0.5, 0.6) is 5.75 Å². The Morgan fingerprint density at radius 1 is 1.29 bits per heavy atom. The quantitative estimate of drug-likeness (QED) is 0.205. The molecule has 0 aliphatic carbocycles. The van der Waals surface area contributed by atoms with E-state index >= 15 is 0 Å². The first-order valence-corrected chi connectivity index (χ1v) is 13.2. The van der Waals surface area contributed by atoms with Gasteiger partial charge in [-0.15, -0.1) is 0 Å². The number of aryl methyl sites for hydroxylation is 1. The van der Waals surface area contributed by atoms with Gasteiger partial charge in [-0.2, -0.15) is 4.98 Å². The molecular weight excluding hydrogens is 530 g/mol. The van der Waals surface area contributed by atoms with Crippen molar-refractivity contribution < 1.29 is 24.3 Å². The summed E-state index contributed by atoms with van der Waals surface area (Å²) < 4.78 is 11.0. The van der Waals surface area contributed by atoms with Gasteiger partial charge in [0.25, 0.3) is 5.69 Å². The van der Waals surface area contributed by atoms with Gasteiger partial charge >= 0.3 is 5.97 Å². The molecule has 0 spiro atoms. The van der Waals surface area contributed by atoms with Crippen LogP contribution in [0.25, 0.3) is 0 Å². The lowest BCUT2D eigenvalue weighted by atomic mass is 9.91. The van der Waals surface area contributed by atoms with E-state index in [1.807, 2.05) is 24.0 Å². The number of esters is 1. The van der Waals surface area contributed by atoms with Crippen LogP contribution in [0, 0.1) is 17.0 Å². The van der Waals surface area contributed by atoms with E-state index in [1.54, 1.807) is 25.8 Å². The molecule has 0 radical (unpaired) electrons. The first kappa shape index (κ1) is 29.5. The standard InChI is InChI=1S/C28H35N7O6/c1-16(2)41-26(37)18-14-29-27(32-25(18)34-15-28(4,5)24-20(34)9-8-17(3)30-24)31-19-12-22(35(38)39)21(13-23(19)40-7)33(6)10-11-36/h8-9,12-14,16,36H,10-11,15H2,1-7H3,(H,29,31,32). The van der Waals surface area contributed by atoms with Crippen LogP contribution in [0.15, 0.2) is 30.5 Å². The fraction of sp³-hybridized carbons (Fsp3) is 0.429. The number of fused-ring (bicyclic) bond motifs is 1. The minimum Gasteiger partial charge on any atom is -0.494 e. The van der Waals surface area contributed by atoms with Gasteiger partial charge in [-0.25, -0.2) is 9.78 Å². The zero-order chi connectivity index (χ0) is 30.1. The van der Waals surface area contributed by atoms with Crippen molar-refractivity contribution in [1.29, 1.82) is 0 Å². The molecule has 3 heterocycles. The van der Waals surface area contributed by atoms with E-state index < -0.39 is 10.9 Å². The summed E-state index contributed by atoms with van der Waals surface area (Å²) in [5, 5.41) is 24.3. The molecule has 0 fully saturated rings. The highest BCUT2D eigenvalue weighted by Crippen LogP contribution is 2.44. The molecule has 13 nitrogen and oxygen atoms in total. The van der Waals surface area contributed by atoms with Crippen molar-refractivity contribution in [3.63, 3.8) is 0 Å². The molecule has 0 saturated carbocycles. The maximum Gasteiger partial charge on any atom is 0.343 e. The number of nitro groups is 1. The summed E-state index contributed by atoms with van der Waals surface area (Å²) >= 11 is 0. The third-order valence-corrected chi connectivity index (χ3v) is 6.67. The van der Waals surface area contributed by atoms with Crippen molar-refractivity contribution in [1.82, 2.24) is 15.0 Å². The van der Waals surface area contributed by atoms with E-state index in [1.165, 1.54) is 25.4 Å². The molecule has 0 atom stereocenters. The third-order valence-electron chi connectivity index (χ3n) is 6.67. The molecule has 218 valence electrons. The number of pyridine rings is 1. The highest BCUT2D eigenvalue weighted by molar-refractivity contribution is 5.96. The predicted molar refractivity (Wildman–Crippen MR) is 155 cm³/mol. The van der Waals surface area contributed by atoms with Crippen LogP contribution < -0.4 is 19.9 Å². The van der Waals surface area contributed by atoms with Gasteiger partial charge in [0.1, 0.15) is 17.0 Å². The van der Waals surface area contributed by atoms with Gasteiger partial charge in [-0.05, 0) is 32.9 Å². The smallest absolute Gasteiger partial charge is 0.343 e. The number of ether oxygens (including phenoxy) is 2. The van der Waals surface area contributed by atoms with Crippen LogP contribution in [0.2, 0.25) is 0 Å². The van der Waals surface area contributed by atoms with E-state index in [0.717, 1.165) is 17.1 Å². The summed E-state index contributed by atoms with van der Waals surface area (Å²) in [5.74, 6) is 0.142. The molecule has 3 aromatic rings. The number of aliphatic hydroxyl groups excluding tert-OH is 1. The van der Waals surface area contributed by atoms with Crippen LogP contribution in [-0.2, 0) is 10.2 Å². The average Bonchev–Trinajstić information content (AvgIpc) is 3.17. The van der Waals surface area contributed by atoms with Gasteiger partial charge in [-0.3, -0.25) is 15.1 Å². The zero-order valence-electron chi connectivity index (χ0n) is 24.3. The number of hydrogen-bond donors (Lipinski definition) is 2. The molecule has 2 N–H and O–H groups in total. The second kappa shape index (κ2) is 11.5. The van der Waals surface area contributed by atoms with Crippen LogP contribution >= 0.6 is 0 Å². The number of nitro benzene ring substituents is 1. The second-order valence-electron chi connectivity index (χ2n) is 10.7. The van der Waals surface area contributed by atoms with E-state index in [4.69, 9.17) is 19.4 Å². The number of methoxy groups -OCH3 is 1. The summed E-state index contributed by atoms with van der Waals surface area (Å²) in [6.45, 7) is 10.1. The number of carbonyl (C=O) groups excluding carboxylic acids is 1. The molecule has 1 aliphatic rings. The molecule has 0 bridgehead atoms. The first-order valence-electron chi connectivity index (χ1n) is 13.2. The van der Waals surface area contributed by atoms with Gasteiger partial charge in [0, 0.05) is 49.6 Å². The Balaban J connectivity index is 1.82. The number of benzene rings is 1. The van der Waals surface area contributed by atoms with Crippen molar-refractivity contribution in [2.75, 3.05) is 49.0 Å². The molecule has 0 saturated heterocycles. The Kier molecular flexibility index (Phi) is 8.29. The van der Waals surface area contributed by atoms with Crippen molar-refractivity contribution in [2.45, 2.75) is 46.1 Å². The van der Waals surface area contributed by atoms with Crippen molar-refractivity contribution >= 4 is 40.5 Å². The molecule has 41 heavy (non-hydrogen) atoms. The lowest BCUT2D eigenvalue weighted by Crippen LogP contribution is -2.28. The third kappa shape index (κ3) is 5.99. The zero-order valence-corrected chi connectivity index (χ0v) is 24.3. The van der Waals surface area contributed by atoms with E-state index in [9.17, 15) is 20.0 Å². The summed E-state index contributed by atoms with van der Waals surface area (Å²) in [5.41, 5.74) is 2.75. The molecule has 4 rings (SSSR count). The molecule has 0 unspecified atom stereocenters. The number of nitrogens with one attached hydrogen (secondary N) is 1. The van der Waals surface area contributed by atoms with Crippen LogP contribution in [-0.4, -0.2) is 70.9 Å². The molecular formula is C28H35N7O6. The fourth-order valence-corrected chi connectivity index (χ4v) is 4.74. The minimum atomic E-state index is -0.572. The Morgan fingerprint density at radius 3 is 2.66 bits per heavy atom. The van der Waals surface area contributed by atoms with E-state index in [0.29, 0.717) is 18.1 Å². The number of carbonyl (C=O) groups is 1. The largest absolute Gasteiger partial charge is 0.494 e. The van der Waals surface area contributed by atoms with Crippen molar-refractivity contribution in [3.05, 3.63) is 57.5 Å². The van der Waals surface area contributed by atoms with Crippen LogP contribution in [0.1, 0.15) is 49.4 Å². The molecule has 13 heteroatoms. The number of nitrogens with zero attached hydrogens (tertiary/aromatic N) is 6. The lowest BCUT2D eigenvalue weighted by molar-refractivity contribution is -0.384. The molecule has 0 amide bonds. The highest BCUT2D eigenvalue weighted by Gasteiger charge is 2.39. The van der Waals surface area contributed by atoms with E-state index in [2.05, 4.69) is 24.1 Å². The molecule has 2 aromatic heterocycles. The average molecular weight is 566 g/mol. The fourth-order valence-electron chi connectivity index (χ4n) is 4.74. The summed E-state index contributed by atoms with van der Waals surface area (Å²) in [4.78, 5) is 41.8. The Morgan fingerprint density at radius 2 is 2.02 bits per heavy atom. The minimum absolute atomic E-state index is 0.0940.